The van der Waals surface area contributed by atoms with E-state index in [1.807, 2.05) is 6.07 Å². The van der Waals surface area contributed by atoms with Gasteiger partial charge in [0.05, 0.1) is 29.7 Å². The Morgan fingerprint density at radius 3 is 2.95 bits per heavy atom. The number of carbonyl (C=O) groups is 1. The van der Waals surface area contributed by atoms with Crippen LogP contribution in [0.3, 0.4) is 0 Å². The first-order valence-electron chi connectivity index (χ1n) is 6.91. The van der Waals surface area contributed by atoms with Crippen molar-refractivity contribution in [1.29, 1.82) is 0 Å². The molecule has 2 aromatic rings. The number of nitrogens with two attached hydrogens (primary N) is 1. The Balaban J connectivity index is 1.88. The molecule has 0 fully saturated rings. The van der Waals surface area contributed by atoms with Crippen LogP contribution in [0.4, 0.5) is 16.5 Å². The van der Waals surface area contributed by atoms with E-state index in [9.17, 15) is 4.79 Å². The molecule has 1 heterocycles. The maximum atomic E-state index is 11.7. The number of thiazole rings is 1. The maximum absolute atomic E-state index is 11.7. The van der Waals surface area contributed by atoms with Crippen LogP contribution in [-0.4, -0.2) is 18.1 Å². The number of anilines is 3. The normalized spacial score (nSPS) is 13.6. The van der Waals surface area contributed by atoms with Crippen molar-refractivity contribution in [3.8, 4) is 0 Å². The van der Waals surface area contributed by atoms with Crippen molar-refractivity contribution in [3.63, 3.8) is 0 Å². The van der Waals surface area contributed by atoms with Crippen LogP contribution in [0.1, 0.15) is 33.8 Å². The fourth-order valence-corrected chi connectivity index (χ4v) is 3.54. The number of nitrogens with one attached hydrogen (secondary N) is 1. The minimum atomic E-state index is -0.436. The van der Waals surface area contributed by atoms with Gasteiger partial charge in [-0.3, -0.25) is 0 Å². The quantitative estimate of drug-likeness (QED) is 0.673. The molecular formula is C15H17N3O2S. The van der Waals surface area contributed by atoms with Gasteiger partial charge in [0.2, 0.25) is 0 Å². The number of benzene rings is 1. The third-order valence-electron chi connectivity index (χ3n) is 3.60. The highest BCUT2D eigenvalue weighted by Gasteiger charge is 2.17. The van der Waals surface area contributed by atoms with Crippen molar-refractivity contribution >= 4 is 33.8 Å². The largest absolute Gasteiger partial charge is 0.465 e. The van der Waals surface area contributed by atoms with Gasteiger partial charge >= 0.3 is 5.97 Å². The van der Waals surface area contributed by atoms with Gasteiger partial charge in [-0.05, 0) is 37.8 Å². The Morgan fingerprint density at radius 1 is 1.38 bits per heavy atom. The number of fused-ring (bicyclic) bond motifs is 1. The topological polar surface area (TPSA) is 77.2 Å². The number of nitrogens with zero attached hydrogens (tertiary/aromatic N) is 1. The highest BCUT2D eigenvalue weighted by molar-refractivity contribution is 7.15. The van der Waals surface area contributed by atoms with Crippen LogP contribution in [-0.2, 0) is 17.6 Å². The highest BCUT2D eigenvalue weighted by Crippen LogP contribution is 2.33. The Morgan fingerprint density at radius 2 is 2.19 bits per heavy atom. The molecular weight excluding hydrogens is 286 g/mol. The van der Waals surface area contributed by atoms with Crippen LogP contribution < -0.4 is 11.1 Å². The van der Waals surface area contributed by atoms with Gasteiger partial charge in [-0.25, -0.2) is 9.78 Å². The summed E-state index contributed by atoms with van der Waals surface area (Å²) in [5, 5.41) is 4.05. The van der Waals surface area contributed by atoms with E-state index in [4.69, 9.17) is 10.5 Å². The lowest BCUT2D eigenvalue weighted by Gasteiger charge is -2.09. The number of esters is 1. The van der Waals surface area contributed by atoms with Crippen LogP contribution in [0.5, 0.6) is 0 Å². The fraction of sp³-hybridized carbons (Fsp3) is 0.333. The third-order valence-corrected chi connectivity index (χ3v) is 4.67. The predicted molar refractivity (Wildman–Crippen MR) is 84.2 cm³/mol. The Labute approximate surface area is 127 Å². The molecule has 1 aliphatic carbocycles. The van der Waals surface area contributed by atoms with Crippen molar-refractivity contribution in [2.75, 3.05) is 18.2 Å². The zero-order valence-corrected chi connectivity index (χ0v) is 12.6. The number of para-hydroxylation sites is 1. The van der Waals surface area contributed by atoms with Gasteiger partial charge in [0.15, 0.2) is 5.13 Å². The number of nitrogen functional groups attached to an aromatic ring is 1. The van der Waals surface area contributed by atoms with Gasteiger partial charge in [-0.1, -0.05) is 6.07 Å². The summed E-state index contributed by atoms with van der Waals surface area (Å²) in [5.41, 5.74) is 8.67. The lowest BCUT2D eigenvalue weighted by Crippen LogP contribution is -2.07. The van der Waals surface area contributed by atoms with Crippen molar-refractivity contribution < 1.29 is 9.53 Å². The molecule has 21 heavy (non-hydrogen) atoms. The van der Waals surface area contributed by atoms with Crippen molar-refractivity contribution in [2.45, 2.75) is 25.7 Å². The summed E-state index contributed by atoms with van der Waals surface area (Å²) >= 11 is 1.66. The predicted octanol–water partition coefficient (Wildman–Crippen LogP) is 3.13. The summed E-state index contributed by atoms with van der Waals surface area (Å²) in [4.78, 5) is 17.6. The summed E-state index contributed by atoms with van der Waals surface area (Å²) in [6, 6.07) is 5.26. The van der Waals surface area contributed by atoms with Crippen LogP contribution in [0.25, 0.3) is 0 Å². The smallest absolute Gasteiger partial charge is 0.340 e. The molecule has 0 spiro atoms. The zero-order valence-electron chi connectivity index (χ0n) is 11.8. The molecule has 0 unspecified atom stereocenters. The number of carbonyl (C=O) groups excluding carboxylic acids is 1. The third kappa shape index (κ3) is 2.71. The van der Waals surface area contributed by atoms with E-state index in [0.29, 0.717) is 16.9 Å². The second kappa shape index (κ2) is 5.73. The van der Waals surface area contributed by atoms with Crippen LogP contribution in [0, 0.1) is 0 Å². The molecule has 1 aromatic carbocycles. The van der Waals surface area contributed by atoms with E-state index in [1.165, 1.54) is 30.5 Å². The fourth-order valence-electron chi connectivity index (χ4n) is 2.48. The molecule has 5 nitrogen and oxygen atoms in total. The molecule has 0 amide bonds. The number of hydrogen-bond donors (Lipinski definition) is 2. The maximum Gasteiger partial charge on any atom is 0.340 e. The van der Waals surface area contributed by atoms with Crippen LogP contribution in [0.15, 0.2) is 18.2 Å². The standard InChI is InChI=1S/C15H17N3O2S/c1-20-14(19)9-5-4-7-11(13(9)16)18-15-17-10-6-2-3-8-12(10)21-15/h4-5,7H,2-3,6,8,16H2,1H3,(H,17,18). The van der Waals surface area contributed by atoms with E-state index in [1.54, 1.807) is 23.5 Å². The average Bonchev–Trinajstić information content (AvgIpc) is 2.91. The number of rotatable bonds is 3. The van der Waals surface area contributed by atoms with E-state index in [2.05, 4.69) is 10.3 Å². The van der Waals surface area contributed by atoms with E-state index in [0.717, 1.165) is 18.0 Å². The van der Waals surface area contributed by atoms with E-state index >= 15 is 0 Å². The number of aryl methyl sites for hydroxylation is 2. The van der Waals surface area contributed by atoms with Gasteiger partial charge in [-0.2, -0.15) is 0 Å². The Hall–Kier alpha value is -2.08. The van der Waals surface area contributed by atoms with Gasteiger partial charge in [0, 0.05) is 4.88 Å². The molecule has 3 rings (SSSR count). The average molecular weight is 303 g/mol. The van der Waals surface area contributed by atoms with E-state index < -0.39 is 5.97 Å². The van der Waals surface area contributed by atoms with Gasteiger partial charge in [0.25, 0.3) is 0 Å². The molecule has 0 aliphatic heterocycles. The second-order valence-electron chi connectivity index (χ2n) is 4.98. The molecule has 0 atom stereocenters. The summed E-state index contributed by atoms with van der Waals surface area (Å²) in [6.07, 6.45) is 4.59. The summed E-state index contributed by atoms with van der Waals surface area (Å²) < 4.78 is 4.73. The van der Waals surface area contributed by atoms with Crippen molar-refractivity contribution in [2.24, 2.45) is 0 Å². The first-order valence-corrected chi connectivity index (χ1v) is 7.73. The molecule has 0 saturated carbocycles. The molecule has 0 bridgehead atoms. The molecule has 0 radical (unpaired) electrons. The molecule has 0 saturated heterocycles. The molecule has 1 aliphatic rings. The minimum Gasteiger partial charge on any atom is -0.465 e. The Bertz CT molecular complexity index is 658. The molecule has 6 heteroatoms. The first-order chi connectivity index (χ1) is 10.2. The second-order valence-corrected chi connectivity index (χ2v) is 6.06. The first kappa shape index (κ1) is 13.9. The Kier molecular flexibility index (Phi) is 3.79. The molecule has 3 N–H and O–H groups in total. The van der Waals surface area contributed by atoms with Gasteiger partial charge < -0.3 is 15.8 Å². The molecule has 1 aromatic heterocycles. The minimum absolute atomic E-state index is 0.365. The number of ether oxygens (including phenoxy) is 1. The summed E-state index contributed by atoms with van der Waals surface area (Å²) in [7, 11) is 1.34. The summed E-state index contributed by atoms with van der Waals surface area (Å²) in [6.45, 7) is 0. The number of methoxy groups -OCH3 is 1. The number of hydrogen-bond acceptors (Lipinski definition) is 6. The van der Waals surface area contributed by atoms with Crippen molar-refractivity contribution in [3.05, 3.63) is 34.3 Å². The van der Waals surface area contributed by atoms with Gasteiger partial charge in [0.1, 0.15) is 0 Å². The van der Waals surface area contributed by atoms with Gasteiger partial charge in [-0.15, -0.1) is 11.3 Å². The van der Waals surface area contributed by atoms with Crippen LogP contribution >= 0.6 is 11.3 Å². The highest BCUT2D eigenvalue weighted by atomic mass is 32.1. The lowest BCUT2D eigenvalue weighted by molar-refractivity contribution is 0.0602. The zero-order chi connectivity index (χ0) is 14.8. The molecule has 110 valence electrons. The monoisotopic (exact) mass is 303 g/mol. The SMILES string of the molecule is COC(=O)c1cccc(Nc2nc3c(s2)CCCC3)c1N. The lowest BCUT2D eigenvalue weighted by atomic mass is 10.0. The van der Waals surface area contributed by atoms with E-state index in [-0.39, 0.29) is 0 Å². The number of aromatic nitrogens is 1. The summed E-state index contributed by atoms with van der Waals surface area (Å²) in [5.74, 6) is -0.436. The van der Waals surface area contributed by atoms with Crippen molar-refractivity contribution in [1.82, 2.24) is 4.98 Å². The van der Waals surface area contributed by atoms with Crippen LogP contribution in [0.2, 0.25) is 0 Å².